The van der Waals surface area contributed by atoms with Gasteiger partial charge in [-0.15, -0.1) is 0 Å². The third-order valence-corrected chi connectivity index (χ3v) is 18.5. The van der Waals surface area contributed by atoms with Crippen molar-refractivity contribution in [3.05, 3.63) is 228 Å². The first-order valence-corrected chi connectivity index (χ1v) is 35.5. The Bertz CT molecular complexity index is 4940. The molecule has 11 rings (SSSR count). The topological polar surface area (TPSA) is 397 Å². The monoisotopic (exact) mass is 1370 g/mol. The number of carbonyl (C=O) groups excluding carboxylic acids is 5. The highest BCUT2D eigenvalue weighted by molar-refractivity contribution is 7.98. The van der Waals surface area contributed by atoms with Crippen LogP contribution in [0.15, 0.2) is 202 Å². The van der Waals surface area contributed by atoms with Gasteiger partial charge in [0.2, 0.25) is 58.0 Å². The summed E-state index contributed by atoms with van der Waals surface area (Å²) in [4.78, 5) is 60.3. The Morgan fingerprint density at radius 3 is 1.49 bits per heavy atom. The number of Topliss-reactive ketones (excluding diaryl/α,β-unsaturated/α-hetero) is 4. The first-order chi connectivity index (χ1) is 44.3. The summed E-state index contributed by atoms with van der Waals surface area (Å²) in [7, 11) is -13.2. The number of hydrogen-bond donors (Lipinski definition) is 4. The van der Waals surface area contributed by atoms with Crippen LogP contribution in [0, 0.1) is 13.8 Å². The van der Waals surface area contributed by atoms with E-state index in [9.17, 15) is 57.6 Å². The lowest BCUT2D eigenvalue weighted by atomic mass is 10.1. The van der Waals surface area contributed by atoms with Crippen molar-refractivity contribution in [2.24, 2.45) is 27.6 Å². The Morgan fingerprint density at radius 1 is 0.564 bits per heavy atom. The van der Waals surface area contributed by atoms with E-state index in [0.29, 0.717) is 28.5 Å². The Balaban J connectivity index is 0.000000161. The van der Waals surface area contributed by atoms with Crippen LogP contribution in [0.4, 0.5) is 0 Å². The van der Waals surface area contributed by atoms with Crippen LogP contribution in [-0.2, 0) is 80.1 Å². The number of thioether (sulfide) groups is 1. The van der Waals surface area contributed by atoms with Crippen molar-refractivity contribution in [3.63, 3.8) is 0 Å². The van der Waals surface area contributed by atoms with E-state index < -0.39 is 63.4 Å². The number of carbonyl (C=O) groups is 5. The van der Waals surface area contributed by atoms with Gasteiger partial charge in [-0.2, -0.15) is 31.6 Å². The summed E-state index contributed by atoms with van der Waals surface area (Å²) in [5.41, 5.74) is 9.45. The van der Waals surface area contributed by atoms with Crippen LogP contribution < -0.4 is 25.1 Å². The maximum Gasteiger partial charge on any atom is 0.375 e. The number of nitrogens with zero attached hydrogens (tertiary/aromatic N) is 8. The van der Waals surface area contributed by atoms with Gasteiger partial charge in [0.25, 0.3) is 5.78 Å². The maximum atomic E-state index is 12.7. The Labute approximate surface area is 546 Å². The number of ether oxygens (including phenoxy) is 1. The zero-order chi connectivity index (χ0) is 68.5. The van der Waals surface area contributed by atoms with Crippen LogP contribution in [0.3, 0.4) is 0 Å². The zero-order valence-corrected chi connectivity index (χ0v) is 55.1. The quantitative estimate of drug-likeness (QED) is 0.0377. The highest BCUT2D eigenvalue weighted by Gasteiger charge is 2.27. The first kappa shape index (κ1) is 70.2. The molecule has 4 aromatic heterocycles. The summed E-state index contributed by atoms with van der Waals surface area (Å²) >= 11 is 1.78. The standard InChI is InChI=1S/C18H15N3O4S.C16H15N3O2S.C15H18N3O5S.C14H15N3O3S2/c1-12-11-16(18(23)17(22)13-5-3-2-4-6-13)21(20-12)14-7-9-15(10-8-14)26(19,24)25;1-12-11-16(13-5-3-2-4-6-13)19(18-12)14-7-9-15(10-8-14)22(17,20)21;1-3-23-15(20)14(19)8-12-9-17(2)10-18(12)11-4-6-13(7-5-11)24(16,21)22;1-9(18)14-12-8-21-7-6-13(12)17(16-14)10-2-4-11(5-3-10)22(15,19)20/h2-11H,1H3,(H2,19,24,25);2-11H,1H3,(H2,17,20,21);4-7,9-10H,3,8H2,1-2H3,(H2,16,21,22);2-5H,6-8H2,1H3,(H2,15,19,20)/q;;+1;. The molecule has 10 aromatic rings. The normalized spacial score (nSPS) is 12.1. The van der Waals surface area contributed by atoms with Gasteiger partial charge in [0.1, 0.15) is 23.3 Å². The fourth-order valence-corrected chi connectivity index (χ4v) is 12.5. The number of hydrogen-bond acceptors (Lipinski definition) is 18. The second-order valence-electron chi connectivity index (χ2n) is 20.8. The average Bonchev–Trinajstić information content (AvgIpc) is 1.63. The van der Waals surface area contributed by atoms with Crippen LogP contribution in [0.25, 0.3) is 34.0 Å². The molecule has 0 fully saturated rings. The van der Waals surface area contributed by atoms with E-state index in [0.717, 1.165) is 57.5 Å². The number of aryl methyl sites for hydroxylation is 3. The maximum absolute atomic E-state index is 12.7. The molecular formula is C63H63N12O14S5+. The fraction of sp³-hybridized carbons (Fsp3) is 0.159. The van der Waals surface area contributed by atoms with E-state index in [1.165, 1.54) is 78.3 Å². The molecule has 6 aromatic carbocycles. The smallest absolute Gasteiger partial charge is 0.375 e. The van der Waals surface area contributed by atoms with Crippen LogP contribution in [0.1, 0.15) is 73.5 Å². The van der Waals surface area contributed by atoms with E-state index in [1.807, 2.05) is 43.3 Å². The van der Waals surface area contributed by atoms with E-state index in [1.54, 1.807) is 130 Å². The number of benzene rings is 6. The SMILES string of the molecule is CC(=O)c1nn(-c2ccc(S(N)(=O)=O)cc2)c2c1CSCC2.CCOC(=O)C(=O)Cc1c[n+](C)cn1-c1ccc(S(N)(=O)=O)cc1.Cc1cc(-c2ccccc2)n(-c2ccc(S(N)(=O)=O)cc2)n1.Cc1cc(C(=O)C(=O)c2ccccc2)n(-c2ccc(S(N)(=O)=O)cc2)n1. The van der Waals surface area contributed by atoms with E-state index in [-0.39, 0.29) is 49.7 Å². The predicted molar refractivity (Wildman–Crippen MR) is 348 cm³/mol. The van der Waals surface area contributed by atoms with Crippen molar-refractivity contribution in [3.8, 4) is 34.0 Å². The summed E-state index contributed by atoms with van der Waals surface area (Å²) in [5.74, 6) is -1.18. The highest BCUT2D eigenvalue weighted by atomic mass is 32.2. The molecule has 0 spiro atoms. The van der Waals surface area contributed by atoms with Gasteiger partial charge in [-0.3, -0.25) is 19.2 Å². The number of aromatic nitrogens is 8. The van der Waals surface area contributed by atoms with Crippen LogP contribution >= 0.6 is 11.8 Å². The van der Waals surface area contributed by atoms with Gasteiger partial charge >= 0.3 is 5.97 Å². The molecular weight excluding hydrogens is 1310 g/mol. The van der Waals surface area contributed by atoms with Crippen molar-refractivity contribution in [1.29, 1.82) is 0 Å². The molecule has 1 aliphatic rings. The Kier molecular flexibility index (Phi) is 22.0. The summed E-state index contributed by atoms with van der Waals surface area (Å²) < 4.78 is 104. The second kappa shape index (κ2) is 29.5. The largest absolute Gasteiger partial charge is 0.460 e. The van der Waals surface area contributed by atoms with Gasteiger partial charge in [-0.1, -0.05) is 60.7 Å². The minimum absolute atomic E-state index is 0.00747. The number of ketones is 4. The number of nitrogens with two attached hydrogens (primary N) is 4. The summed E-state index contributed by atoms with van der Waals surface area (Å²) in [6.07, 6.45) is 4.11. The van der Waals surface area contributed by atoms with Crippen LogP contribution in [0.2, 0.25) is 0 Å². The highest BCUT2D eigenvalue weighted by Crippen LogP contribution is 2.31. The minimum Gasteiger partial charge on any atom is -0.460 e. The Morgan fingerprint density at radius 2 is 1.01 bits per heavy atom. The van der Waals surface area contributed by atoms with Gasteiger partial charge in [-0.25, -0.2) is 77.6 Å². The fourth-order valence-electron chi connectivity index (χ4n) is 9.46. The molecule has 5 heterocycles. The van der Waals surface area contributed by atoms with Crippen molar-refractivity contribution in [2.45, 2.75) is 65.9 Å². The van der Waals surface area contributed by atoms with Gasteiger partial charge < -0.3 is 4.74 Å². The predicted octanol–water partition coefficient (Wildman–Crippen LogP) is 5.52. The number of sulfonamides is 4. The third-order valence-electron chi connectivity index (χ3n) is 13.8. The van der Waals surface area contributed by atoms with Gasteiger partial charge in [-0.05, 0) is 142 Å². The molecule has 8 N–H and O–H groups in total. The lowest BCUT2D eigenvalue weighted by Gasteiger charge is -2.14. The minimum atomic E-state index is -3.82. The van der Waals surface area contributed by atoms with Crippen LogP contribution in [0.5, 0.6) is 0 Å². The molecule has 26 nitrogen and oxygen atoms in total. The lowest BCUT2D eigenvalue weighted by Crippen LogP contribution is -2.24. The van der Waals surface area contributed by atoms with Crippen molar-refractivity contribution in [2.75, 3.05) is 12.4 Å². The molecule has 0 unspecified atom stereocenters. The Hall–Kier alpha value is -9.70. The molecule has 0 bridgehead atoms. The molecule has 0 atom stereocenters. The molecule has 31 heteroatoms. The number of esters is 1. The van der Waals surface area contributed by atoms with Gasteiger partial charge in [0, 0.05) is 35.1 Å². The molecule has 0 saturated carbocycles. The number of primary sulfonamides is 4. The summed E-state index contributed by atoms with van der Waals surface area (Å²) in [6, 6.07) is 45.6. The average molecular weight is 1370 g/mol. The molecule has 94 heavy (non-hydrogen) atoms. The van der Waals surface area contributed by atoms with Crippen molar-refractivity contribution >= 4 is 81.0 Å². The molecule has 488 valence electrons. The second-order valence-corrected chi connectivity index (χ2v) is 28.2. The lowest BCUT2D eigenvalue weighted by molar-refractivity contribution is -0.670. The molecule has 0 aliphatic carbocycles. The summed E-state index contributed by atoms with van der Waals surface area (Å²) in [6.45, 7) is 6.88. The molecule has 0 radical (unpaired) electrons. The van der Waals surface area contributed by atoms with E-state index in [2.05, 4.69) is 15.3 Å². The molecule has 0 amide bonds. The number of imidazole rings is 1. The van der Waals surface area contributed by atoms with Gasteiger partial charge in [0.05, 0.1) is 73.8 Å². The van der Waals surface area contributed by atoms with E-state index >= 15 is 0 Å². The number of fused-ring (bicyclic) bond motifs is 1. The summed E-state index contributed by atoms with van der Waals surface area (Å²) in [5, 5.41) is 33.5. The zero-order valence-electron chi connectivity index (χ0n) is 51.0. The van der Waals surface area contributed by atoms with E-state index in [4.69, 9.17) is 25.3 Å². The third kappa shape index (κ3) is 17.5. The number of rotatable bonds is 17. The first-order valence-electron chi connectivity index (χ1n) is 28.1. The molecule has 1 aliphatic heterocycles. The van der Waals surface area contributed by atoms with Crippen molar-refractivity contribution in [1.82, 2.24) is 33.9 Å². The van der Waals surface area contributed by atoms with Crippen molar-refractivity contribution < 1.29 is 66.9 Å². The van der Waals surface area contributed by atoms with Crippen LogP contribution in [-0.4, -0.2) is 109 Å². The molecule has 0 saturated heterocycles. The van der Waals surface area contributed by atoms with Gasteiger partial charge in [0.15, 0.2) is 11.5 Å².